The lowest BCUT2D eigenvalue weighted by atomic mass is 10.1. The Balaban J connectivity index is 2.94. The van der Waals surface area contributed by atoms with Gasteiger partial charge in [-0.2, -0.15) is 0 Å². The number of carboxylic acid groups (broad SMARTS) is 1. The lowest BCUT2D eigenvalue weighted by molar-refractivity contribution is -0.141. The Morgan fingerprint density at radius 2 is 2.00 bits per heavy atom. The van der Waals surface area contributed by atoms with Crippen LogP contribution in [-0.4, -0.2) is 39.2 Å². The predicted octanol–water partition coefficient (Wildman–Crippen LogP) is -0.753. The molecule has 1 rings (SSSR count). The zero-order chi connectivity index (χ0) is 13.9. The van der Waals surface area contributed by atoms with Gasteiger partial charge in [-0.1, -0.05) is 0 Å². The number of aliphatic hydroxyl groups excluding tert-OH is 1. The van der Waals surface area contributed by atoms with Gasteiger partial charge in [0.25, 0.3) is 11.5 Å². The number of rotatable bonds is 4. The molecule has 0 saturated heterocycles. The van der Waals surface area contributed by atoms with Crippen LogP contribution in [0.4, 0.5) is 0 Å². The van der Waals surface area contributed by atoms with Gasteiger partial charge in [-0.05, 0) is 26.0 Å². The van der Waals surface area contributed by atoms with Crippen LogP contribution in [0.2, 0.25) is 0 Å². The largest absolute Gasteiger partial charge is 0.480 e. The van der Waals surface area contributed by atoms with E-state index in [2.05, 4.69) is 10.3 Å². The number of aromatic amines is 1. The number of hydrogen-bond acceptors (Lipinski definition) is 4. The number of pyridine rings is 1. The fraction of sp³-hybridized carbons (Fsp3) is 0.364. The number of carbonyl (C=O) groups is 2. The predicted molar refractivity (Wildman–Crippen MR) is 62.4 cm³/mol. The van der Waals surface area contributed by atoms with E-state index in [1.165, 1.54) is 19.1 Å². The summed E-state index contributed by atoms with van der Waals surface area (Å²) in [5.74, 6) is -2.22. The zero-order valence-corrected chi connectivity index (χ0v) is 9.93. The topological polar surface area (TPSA) is 119 Å². The minimum atomic E-state index is -1.46. The number of H-pyrrole nitrogens is 1. The number of aliphatic hydroxyl groups is 1. The molecule has 2 atom stereocenters. The highest BCUT2D eigenvalue weighted by atomic mass is 16.4. The van der Waals surface area contributed by atoms with E-state index in [9.17, 15) is 19.5 Å². The van der Waals surface area contributed by atoms with Crippen molar-refractivity contribution < 1.29 is 19.8 Å². The van der Waals surface area contributed by atoms with Gasteiger partial charge < -0.3 is 20.5 Å². The smallest absolute Gasteiger partial charge is 0.328 e. The number of hydrogen-bond donors (Lipinski definition) is 4. The number of nitrogens with one attached hydrogen (secondary N) is 2. The van der Waals surface area contributed by atoms with Crippen LogP contribution in [-0.2, 0) is 4.79 Å². The minimum Gasteiger partial charge on any atom is -0.480 e. The molecule has 18 heavy (non-hydrogen) atoms. The van der Waals surface area contributed by atoms with Gasteiger partial charge in [0.2, 0.25) is 0 Å². The maximum absolute atomic E-state index is 11.7. The Morgan fingerprint density at radius 3 is 2.44 bits per heavy atom. The van der Waals surface area contributed by atoms with Gasteiger partial charge >= 0.3 is 5.97 Å². The van der Waals surface area contributed by atoms with Gasteiger partial charge in [0.05, 0.1) is 6.10 Å². The van der Waals surface area contributed by atoms with Crippen LogP contribution >= 0.6 is 0 Å². The molecule has 98 valence electrons. The molecule has 0 fully saturated rings. The number of aryl methyl sites for hydroxylation is 1. The summed E-state index contributed by atoms with van der Waals surface area (Å²) in [5, 5.41) is 20.1. The van der Waals surface area contributed by atoms with Crippen molar-refractivity contribution >= 4 is 11.9 Å². The van der Waals surface area contributed by atoms with Crippen LogP contribution < -0.4 is 10.9 Å². The highest BCUT2D eigenvalue weighted by Gasteiger charge is 2.26. The molecule has 0 bridgehead atoms. The monoisotopic (exact) mass is 254 g/mol. The normalized spacial score (nSPS) is 13.7. The molecule has 1 aromatic heterocycles. The Kier molecular flexibility index (Phi) is 4.22. The molecule has 4 N–H and O–H groups in total. The molecule has 7 nitrogen and oxygen atoms in total. The van der Waals surface area contributed by atoms with Gasteiger partial charge in [-0.25, -0.2) is 4.79 Å². The Hall–Kier alpha value is -2.15. The first-order valence-electron chi connectivity index (χ1n) is 5.24. The van der Waals surface area contributed by atoms with Gasteiger partial charge in [-0.15, -0.1) is 0 Å². The van der Waals surface area contributed by atoms with Crippen LogP contribution in [0.1, 0.15) is 23.0 Å². The lowest BCUT2D eigenvalue weighted by Crippen LogP contribution is -2.48. The second-order valence-corrected chi connectivity index (χ2v) is 3.91. The molecule has 1 aromatic rings. The average molecular weight is 254 g/mol. The summed E-state index contributed by atoms with van der Waals surface area (Å²) in [4.78, 5) is 36.4. The first kappa shape index (κ1) is 13.9. The molecule has 1 amide bonds. The van der Waals surface area contributed by atoms with Crippen molar-refractivity contribution in [3.05, 3.63) is 33.7 Å². The second-order valence-electron chi connectivity index (χ2n) is 3.91. The fourth-order valence-corrected chi connectivity index (χ4v) is 1.36. The van der Waals surface area contributed by atoms with Gasteiger partial charge in [-0.3, -0.25) is 9.59 Å². The quantitative estimate of drug-likeness (QED) is 0.563. The van der Waals surface area contributed by atoms with Crippen molar-refractivity contribution in [2.24, 2.45) is 0 Å². The van der Waals surface area contributed by atoms with Crippen LogP contribution in [0, 0.1) is 6.92 Å². The molecular formula is C11H14N2O5. The van der Waals surface area contributed by atoms with Crippen molar-refractivity contribution in [3.8, 4) is 0 Å². The summed E-state index contributed by atoms with van der Waals surface area (Å²) in [6, 6.07) is 1.36. The van der Waals surface area contributed by atoms with Crippen LogP contribution in [0.15, 0.2) is 16.9 Å². The third-order valence-electron chi connectivity index (χ3n) is 2.34. The van der Waals surface area contributed by atoms with Gasteiger partial charge in [0.1, 0.15) is 5.56 Å². The minimum absolute atomic E-state index is 0.201. The van der Waals surface area contributed by atoms with Crippen LogP contribution in [0.5, 0.6) is 0 Å². The van der Waals surface area contributed by atoms with E-state index in [-0.39, 0.29) is 5.56 Å². The first-order chi connectivity index (χ1) is 8.32. The van der Waals surface area contributed by atoms with Crippen molar-refractivity contribution in [2.75, 3.05) is 0 Å². The van der Waals surface area contributed by atoms with Crippen molar-refractivity contribution in [1.82, 2.24) is 10.3 Å². The summed E-state index contributed by atoms with van der Waals surface area (Å²) in [5.41, 5.74) is -0.225. The highest BCUT2D eigenvalue weighted by molar-refractivity contribution is 5.96. The van der Waals surface area contributed by atoms with E-state index in [0.717, 1.165) is 0 Å². The number of carboxylic acids is 1. The summed E-state index contributed by atoms with van der Waals surface area (Å²) in [7, 11) is 0. The molecule has 0 aliphatic heterocycles. The van der Waals surface area contributed by atoms with Gasteiger partial charge in [0, 0.05) is 5.69 Å². The molecule has 0 unspecified atom stereocenters. The van der Waals surface area contributed by atoms with Crippen molar-refractivity contribution in [3.63, 3.8) is 0 Å². The summed E-state index contributed by atoms with van der Waals surface area (Å²) in [6.45, 7) is 2.89. The highest BCUT2D eigenvalue weighted by Crippen LogP contribution is 1.98. The van der Waals surface area contributed by atoms with E-state index < -0.39 is 29.6 Å². The summed E-state index contributed by atoms with van der Waals surface area (Å²) in [6.07, 6.45) is -1.27. The third kappa shape index (κ3) is 3.17. The molecule has 1 heterocycles. The lowest BCUT2D eigenvalue weighted by Gasteiger charge is -2.16. The Labute approximate surface area is 102 Å². The third-order valence-corrected chi connectivity index (χ3v) is 2.34. The summed E-state index contributed by atoms with van der Waals surface area (Å²) >= 11 is 0. The molecule has 0 aromatic carbocycles. The second kappa shape index (κ2) is 5.46. The van der Waals surface area contributed by atoms with E-state index >= 15 is 0 Å². The molecular weight excluding hydrogens is 240 g/mol. The number of aromatic nitrogens is 1. The zero-order valence-electron chi connectivity index (χ0n) is 9.93. The average Bonchev–Trinajstić information content (AvgIpc) is 2.24. The van der Waals surface area contributed by atoms with E-state index in [0.29, 0.717) is 5.69 Å². The molecule has 0 spiro atoms. The fourth-order valence-electron chi connectivity index (χ4n) is 1.36. The SMILES string of the molecule is Cc1ccc(C(=O)N[C@H](C(=O)O)[C@@H](C)O)c(=O)[nH]1. The van der Waals surface area contributed by atoms with E-state index in [1.54, 1.807) is 6.92 Å². The van der Waals surface area contributed by atoms with Crippen molar-refractivity contribution in [1.29, 1.82) is 0 Å². The van der Waals surface area contributed by atoms with Gasteiger partial charge in [0.15, 0.2) is 6.04 Å². The Bertz CT molecular complexity index is 520. The molecule has 0 aliphatic rings. The van der Waals surface area contributed by atoms with Crippen LogP contribution in [0.3, 0.4) is 0 Å². The maximum atomic E-state index is 11.7. The van der Waals surface area contributed by atoms with E-state index in [1.807, 2.05) is 0 Å². The maximum Gasteiger partial charge on any atom is 0.328 e. The van der Waals surface area contributed by atoms with E-state index in [4.69, 9.17) is 5.11 Å². The molecule has 7 heteroatoms. The van der Waals surface area contributed by atoms with Crippen LogP contribution in [0.25, 0.3) is 0 Å². The first-order valence-corrected chi connectivity index (χ1v) is 5.24. The standard InChI is InChI=1S/C11H14N2O5/c1-5-3-4-7(9(15)12-5)10(16)13-8(6(2)14)11(17)18/h3-4,6,8,14H,1-2H3,(H,12,15)(H,13,16)(H,17,18)/t6-,8+/m1/s1. The number of carbonyl (C=O) groups excluding carboxylic acids is 1. The molecule has 0 aliphatic carbocycles. The van der Waals surface area contributed by atoms with Crippen molar-refractivity contribution in [2.45, 2.75) is 26.0 Å². The summed E-state index contributed by atoms with van der Waals surface area (Å²) < 4.78 is 0. The number of amides is 1. The Morgan fingerprint density at radius 1 is 1.39 bits per heavy atom. The molecule has 0 saturated carbocycles. The number of aliphatic carboxylic acids is 1. The molecule has 0 radical (unpaired) electrons.